The Kier molecular flexibility index (Phi) is 3.89. The van der Waals surface area contributed by atoms with Crippen LogP contribution in [-0.2, 0) is 0 Å². The molecular weight excluding hydrogens is 315 g/mol. The molecule has 2 aromatic rings. The summed E-state index contributed by atoms with van der Waals surface area (Å²) < 4.78 is 70.1. The van der Waals surface area contributed by atoms with Gasteiger partial charge >= 0.3 is 5.97 Å². The Hall–Kier alpha value is -2.84. The smallest absolute Gasteiger partial charge is 0.339 e. The van der Waals surface area contributed by atoms with Crippen molar-refractivity contribution >= 4 is 5.97 Å². The van der Waals surface area contributed by atoms with E-state index in [4.69, 9.17) is 5.11 Å². The van der Waals surface area contributed by atoms with Crippen molar-refractivity contribution in [2.24, 2.45) is 0 Å². The molecule has 0 spiro atoms. The van der Waals surface area contributed by atoms with Gasteiger partial charge in [0.1, 0.15) is 17.1 Å². The topological polar surface area (TPSA) is 66.8 Å². The summed E-state index contributed by atoms with van der Waals surface area (Å²) in [6, 6.07) is 2.36. The van der Waals surface area contributed by atoms with Gasteiger partial charge in [0, 0.05) is 6.07 Å². The van der Waals surface area contributed by atoms with Gasteiger partial charge in [-0.15, -0.1) is 0 Å². The number of hydrogen-bond acceptors (Lipinski definition) is 3. The lowest BCUT2D eigenvalue weighted by Gasteiger charge is -2.10. The van der Waals surface area contributed by atoms with Crippen LogP contribution < -0.4 is 4.74 Å². The minimum Gasteiger partial charge on any atom is -0.507 e. The fraction of sp³-hybridized carbons (Fsp3) is 0. The summed E-state index contributed by atoms with van der Waals surface area (Å²) in [4.78, 5) is 10.7. The molecule has 0 atom stereocenters. The van der Waals surface area contributed by atoms with Crippen LogP contribution in [0.5, 0.6) is 17.2 Å². The molecule has 9 heteroatoms. The van der Waals surface area contributed by atoms with Crippen LogP contribution in [0.4, 0.5) is 22.0 Å². The predicted octanol–water partition coefficient (Wildman–Crippen LogP) is 3.58. The molecule has 0 aliphatic heterocycles. The quantitative estimate of drug-likeness (QED) is 0.515. The van der Waals surface area contributed by atoms with E-state index in [2.05, 4.69) is 4.74 Å². The second kappa shape index (κ2) is 5.51. The molecule has 2 N–H and O–H groups in total. The van der Waals surface area contributed by atoms with Crippen LogP contribution in [0, 0.1) is 29.1 Å². The molecule has 22 heavy (non-hydrogen) atoms. The van der Waals surface area contributed by atoms with Gasteiger partial charge in [-0.1, -0.05) is 0 Å². The Morgan fingerprint density at radius 3 is 1.86 bits per heavy atom. The number of rotatable bonds is 3. The van der Waals surface area contributed by atoms with Crippen LogP contribution in [0.1, 0.15) is 10.4 Å². The molecule has 0 bridgehead atoms. The third kappa shape index (κ3) is 2.52. The van der Waals surface area contributed by atoms with Gasteiger partial charge in [0.2, 0.25) is 34.8 Å². The third-order valence-electron chi connectivity index (χ3n) is 2.59. The first-order valence-corrected chi connectivity index (χ1v) is 5.49. The molecule has 2 aromatic carbocycles. The monoisotopic (exact) mass is 320 g/mol. The number of ether oxygens (including phenoxy) is 1. The number of aromatic hydroxyl groups is 1. The molecule has 2 rings (SSSR count). The first kappa shape index (κ1) is 15.5. The van der Waals surface area contributed by atoms with Crippen molar-refractivity contribution in [2.75, 3.05) is 0 Å². The molecule has 0 heterocycles. The van der Waals surface area contributed by atoms with Crippen LogP contribution in [0.3, 0.4) is 0 Å². The number of phenols is 1. The van der Waals surface area contributed by atoms with Gasteiger partial charge in [-0.25, -0.2) is 18.0 Å². The van der Waals surface area contributed by atoms with Crippen LogP contribution in [0.2, 0.25) is 0 Å². The zero-order chi connectivity index (χ0) is 16.6. The second-order valence-electron chi connectivity index (χ2n) is 3.99. The molecule has 0 unspecified atom stereocenters. The highest BCUT2D eigenvalue weighted by Gasteiger charge is 2.27. The highest BCUT2D eigenvalue weighted by atomic mass is 19.2. The molecule has 0 radical (unpaired) electrons. The predicted molar refractivity (Wildman–Crippen MR) is 61.4 cm³/mol. The molecule has 0 saturated heterocycles. The lowest BCUT2D eigenvalue weighted by Crippen LogP contribution is -2.04. The lowest BCUT2D eigenvalue weighted by molar-refractivity contribution is 0.0693. The van der Waals surface area contributed by atoms with E-state index in [1.165, 1.54) is 0 Å². The molecule has 0 aliphatic rings. The number of carboxylic acids is 1. The largest absolute Gasteiger partial charge is 0.507 e. The summed E-state index contributed by atoms with van der Waals surface area (Å²) in [6.45, 7) is 0. The van der Waals surface area contributed by atoms with Gasteiger partial charge in [-0.2, -0.15) is 8.78 Å². The zero-order valence-electron chi connectivity index (χ0n) is 10.3. The average molecular weight is 320 g/mol. The second-order valence-corrected chi connectivity index (χ2v) is 3.99. The summed E-state index contributed by atoms with van der Waals surface area (Å²) in [5.74, 6) is -15.5. The van der Waals surface area contributed by atoms with Crippen LogP contribution in [0.25, 0.3) is 0 Å². The number of halogens is 5. The van der Waals surface area contributed by atoms with Crippen molar-refractivity contribution in [1.82, 2.24) is 0 Å². The van der Waals surface area contributed by atoms with Crippen molar-refractivity contribution in [3.05, 3.63) is 52.8 Å². The average Bonchev–Trinajstić information content (AvgIpc) is 2.47. The Balaban J connectivity index is 2.48. The van der Waals surface area contributed by atoms with Gasteiger partial charge in [0.05, 0.1) is 0 Å². The minimum atomic E-state index is -2.34. The molecule has 0 fully saturated rings. The number of carbonyl (C=O) groups is 1. The summed E-state index contributed by atoms with van der Waals surface area (Å²) in [6.07, 6.45) is 0. The number of benzene rings is 2. The first-order chi connectivity index (χ1) is 10.2. The number of carboxylic acid groups (broad SMARTS) is 1. The van der Waals surface area contributed by atoms with Crippen LogP contribution in [0.15, 0.2) is 18.2 Å². The van der Waals surface area contributed by atoms with E-state index in [1.807, 2.05) is 0 Å². The zero-order valence-corrected chi connectivity index (χ0v) is 10.3. The molecule has 4 nitrogen and oxygen atoms in total. The molecule has 0 aliphatic carbocycles. The van der Waals surface area contributed by atoms with Crippen molar-refractivity contribution in [3.63, 3.8) is 0 Å². The van der Waals surface area contributed by atoms with Crippen molar-refractivity contribution < 1.29 is 41.7 Å². The van der Waals surface area contributed by atoms with Gasteiger partial charge in [-0.05, 0) is 12.1 Å². The maximum atomic E-state index is 13.4. The van der Waals surface area contributed by atoms with Gasteiger partial charge in [-0.3, -0.25) is 0 Å². The van der Waals surface area contributed by atoms with Gasteiger partial charge < -0.3 is 14.9 Å². The molecule has 0 aromatic heterocycles. The van der Waals surface area contributed by atoms with Crippen molar-refractivity contribution in [1.29, 1.82) is 0 Å². The Labute approximate surface area is 119 Å². The van der Waals surface area contributed by atoms with E-state index in [-0.39, 0.29) is 0 Å². The fourth-order valence-corrected chi connectivity index (χ4v) is 1.55. The SMILES string of the molecule is O=C(O)c1ccc(Oc2c(F)c(F)c(F)c(F)c2F)cc1O. The van der Waals surface area contributed by atoms with Gasteiger partial charge in [0.25, 0.3) is 0 Å². The molecule has 0 amide bonds. The van der Waals surface area contributed by atoms with Crippen LogP contribution >= 0.6 is 0 Å². The van der Waals surface area contributed by atoms with E-state index in [1.54, 1.807) is 0 Å². The maximum Gasteiger partial charge on any atom is 0.339 e. The lowest BCUT2D eigenvalue weighted by atomic mass is 10.2. The Morgan fingerprint density at radius 1 is 0.909 bits per heavy atom. The number of hydrogen-bond donors (Lipinski definition) is 2. The Morgan fingerprint density at radius 2 is 1.41 bits per heavy atom. The summed E-state index contributed by atoms with van der Waals surface area (Å²) in [5.41, 5.74) is -0.537. The van der Waals surface area contributed by atoms with E-state index in [0.29, 0.717) is 6.07 Å². The first-order valence-electron chi connectivity index (χ1n) is 5.49. The van der Waals surface area contributed by atoms with Crippen molar-refractivity contribution in [3.8, 4) is 17.2 Å². The molecule has 116 valence electrons. The van der Waals surface area contributed by atoms with E-state index in [0.717, 1.165) is 12.1 Å². The highest BCUT2D eigenvalue weighted by Crippen LogP contribution is 2.34. The highest BCUT2D eigenvalue weighted by molar-refractivity contribution is 5.90. The molecule has 0 saturated carbocycles. The normalized spacial score (nSPS) is 10.6. The van der Waals surface area contributed by atoms with Crippen LogP contribution in [-0.4, -0.2) is 16.2 Å². The standard InChI is InChI=1S/C13H5F5O4/c14-7-8(15)10(17)12(11(18)9(7)16)22-4-1-2-5(13(20)21)6(19)3-4/h1-3,19H,(H,20,21). The molecular formula is C13H5F5O4. The van der Waals surface area contributed by atoms with E-state index < -0.39 is 57.9 Å². The van der Waals surface area contributed by atoms with E-state index >= 15 is 0 Å². The van der Waals surface area contributed by atoms with Gasteiger partial charge in [0.15, 0.2) is 0 Å². The van der Waals surface area contributed by atoms with Crippen molar-refractivity contribution in [2.45, 2.75) is 0 Å². The maximum absolute atomic E-state index is 13.4. The summed E-state index contributed by atoms with van der Waals surface area (Å²) in [5, 5.41) is 18.1. The number of aromatic carboxylic acids is 1. The fourth-order valence-electron chi connectivity index (χ4n) is 1.55. The minimum absolute atomic E-state index is 0.522. The van der Waals surface area contributed by atoms with E-state index in [9.17, 15) is 31.9 Å². The summed E-state index contributed by atoms with van der Waals surface area (Å²) in [7, 11) is 0. The third-order valence-corrected chi connectivity index (χ3v) is 2.59. The summed E-state index contributed by atoms with van der Waals surface area (Å²) >= 11 is 0. The Bertz CT molecular complexity index is 747.